The number of carbonyl (C=O) groups excluding carboxylic acids is 2. The zero-order valence-electron chi connectivity index (χ0n) is 16.1. The molecule has 0 spiro atoms. The number of para-hydroxylation sites is 1. The van der Waals surface area contributed by atoms with E-state index in [4.69, 9.17) is 5.11 Å². The van der Waals surface area contributed by atoms with Gasteiger partial charge < -0.3 is 26.0 Å². The van der Waals surface area contributed by atoms with Crippen LogP contribution in [-0.2, 0) is 16.1 Å². The maximum atomic E-state index is 12.5. The molecule has 2 aromatic carbocycles. The lowest BCUT2D eigenvalue weighted by Crippen LogP contribution is -2.39. The molecular formula is C21H24N4O4. The number of amides is 2. The second kappa shape index (κ2) is 9.09. The van der Waals surface area contributed by atoms with Crippen LogP contribution in [0, 0.1) is 0 Å². The summed E-state index contributed by atoms with van der Waals surface area (Å²) in [6.07, 6.45) is -0.306. The Hall–Kier alpha value is -3.55. The highest BCUT2D eigenvalue weighted by Crippen LogP contribution is 2.24. The minimum Gasteiger partial charge on any atom is -0.481 e. The molecule has 1 atom stereocenters. The third-order valence-electron chi connectivity index (χ3n) is 4.67. The summed E-state index contributed by atoms with van der Waals surface area (Å²) in [6, 6.07) is 14.0. The van der Waals surface area contributed by atoms with Gasteiger partial charge in [0.15, 0.2) is 0 Å². The molecule has 152 valence electrons. The van der Waals surface area contributed by atoms with E-state index in [-0.39, 0.29) is 18.2 Å². The van der Waals surface area contributed by atoms with Crippen LogP contribution in [0.5, 0.6) is 0 Å². The highest BCUT2D eigenvalue weighted by molar-refractivity contribution is 5.95. The van der Waals surface area contributed by atoms with Crippen molar-refractivity contribution in [3.05, 3.63) is 59.7 Å². The smallest absolute Gasteiger partial charge is 0.305 e. The first-order valence-electron chi connectivity index (χ1n) is 9.37. The van der Waals surface area contributed by atoms with Gasteiger partial charge in [-0.15, -0.1) is 0 Å². The predicted molar refractivity (Wildman–Crippen MR) is 110 cm³/mol. The fourth-order valence-electron chi connectivity index (χ4n) is 3.21. The summed E-state index contributed by atoms with van der Waals surface area (Å²) >= 11 is 0. The number of benzene rings is 2. The van der Waals surface area contributed by atoms with Crippen molar-refractivity contribution in [2.75, 3.05) is 30.8 Å². The van der Waals surface area contributed by atoms with Crippen LogP contribution in [-0.4, -0.2) is 54.0 Å². The van der Waals surface area contributed by atoms with Crippen LogP contribution >= 0.6 is 0 Å². The van der Waals surface area contributed by atoms with E-state index in [1.165, 1.54) is 4.90 Å². The molecule has 3 rings (SSSR count). The second-order valence-electron chi connectivity index (χ2n) is 6.91. The molecule has 0 aliphatic carbocycles. The van der Waals surface area contributed by atoms with Crippen molar-refractivity contribution < 1.29 is 19.5 Å². The lowest BCUT2D eigenvalue weighted by Gasteiger charge is -2.19. The van der Waals surface area contributed by atoms with Gasteiger partial charge in [-0.25, -0.2) is 0 Å². The Kier molecular flexibility index (Phi) is 6.33. The van der Waals surface area contributed by atoms with Crippen molar-refractivity contribution in [1.82, 2.24) is 10.2 Å². The van der Waals surface area contributed by atoms with E-state index in [9.17, 15) is 14.4 Å². The number of fused-ring (bicyclic) bond motifs is 1. The molecule has 1 aliphatic heterocycles. The molecule has 0 bridgehead atoms. The van der Waals surface area contributed by atoms with Crippen molar-refractivity contribution >= 4 is 29.2 Å². The summed E-state index contributed by atoms with van der Waals surface area (Å²) in [4.78, 5) is 37.3. The number of likely N-dealkylation sites (N-methyl/N-ethyl adjacent to an activating group) is 1. The number of carbonyl (C=O) groups is 3. The number of carboxylic acid groups (broad SMARTS) is 1. The summed E-state index contributed by atoms with van der Waals surface area (Å²) in [6.45, 7) is 1.35. The Morgan fingerprint density at radius 2 is 1.93 bits per heavy atom. The number of nitrogens with zero attached hydrogens (tertiary/aromatic N) is 1. The maximum Gasteiger partial charge on any atom is 0.305 e. The van der Waals surface area contributed by atoms with Crippen molar-refractivity contribution in [2.24, 2.45) is 0 Å². The summed E-state index contributed by atoms with van der Waals surface area (Å²) in [7, 11) is 1.62. The van der Waals surface area contributed by atoms with E-state index in [1.54, 1.807) is 25.2 Å². The fraction of sp³-hybridized carbons (Fsp3) is 0.286. The van der Waals surface area contributed by atoms with Crippen LogP contribution in [0.3, 0.4) is 0 Å². The third kappa shape index (κ3) is 5.25. The van der Waals surface area contributed by atoms with E-state index in [2.05, 4.69) is 16.0 Å². The van der Waals surface area contributed by atoms with Gasteiger partial charge in [-0.05, 0) is 35.9 Å². The number of nitrogens with one attached hydrogen (secondary N) is 3. The Bertz CT molecular complexity index is 901. The topological polar surface area (TPSA) is 111 Å². The molecule has 1 heterocycles. The van der Waals surface area contributed by atoms with Gasteiger partial charge in [-0.1, -0.05) is 18.2 Å². The highest BCUT2D eigenvalue weighted by atomic mass is 16.4. The molecule has 0 fully saturated rings. The van der Waals surface area contributed by atoms with Crippen LogP contribution in [0.15, 0.2) is 48.5 Å². The fourth-order valence-corrected chi connectivity index (χ4v) is 3.21. The number of anilines is 2. The zero-order valence-corrected chi connectivity index (χ0v) is 16.1. The normalized spacial score (nSPS) is 15.7. The monoisotopic (exact) mass is 396 g/mol. The van der Waals surface area contributed by atoms with Gasteiger partial charge in [0.05, 0.1) is 6.42 Å². The SMILES string of the molecule is CN1Cc2cc(C(=O)NCCNc3ccccc3)ccc2N[C@@H](CC(=O)O)C1=O. The Balaban J connectivity index is 1.62. The second-order valence-corrected chi connectivity index (χ2v) is 6.91. The van der Waals surface area contributed by atoms with Gasteiger partial charge in [0.1, 0.15) is 6.04 Å². The average molecular weight is 396 g/mol. The molecule has 0 aromatic heterocycles. The van der Waals surface area contributed by atoms with Crippen LogP contribution in [0.25, 0.3) is 0 Å². The molecule has 4 N–H and O–H groups in total. The van der Waals surface area contributed by atoms with Gasteiger partial charge in [0.25, 0.3) is 5.91 Å². The molecular weight excluding hydrogens is 372 g/mol. The highest BCUT2D eigenvalue weighted by Gasteiger charge is 2.29. The third-order valence-corrected chi connectivity index (χ3v) is 4.67. The summed E-state index contributed by atoms with van der Waals surface area (Å²) in [5, 5.41) is 18.1. The Morgan fingerprint density at radius 1 is 1.17 bits per heavy atom. The summed E-state index contributed by atoms with van der Waals surface area (Å²) in [5.74, 6) is -1.54. The first-order valence-corrected chi connectivity index (χ1v) is 9.37. The Morgan fingerprint density at radius 3 is 2.66 bits per heavy atom. The van der Waals surface area contributed by atoms with Gasteiger partial charge in [-0.3, -0.25) is 14.4 Å². The van der Waals surface area contributed by atoms with Crippen molar-refractivity contribution in [3.63, 3.8) is 0 Å². The number of aliphatic carboxylic acids is 1. The molecule has 8 nitrogen and oxygen atoms in total. The zero-order chi connectivity index (χ0) is 20.8. The van der Waals surface area contributed by atoms with Crippen LogP contribution < -0.4 is 16.0 Å². The number of rotatable bonds is 7. The van der Waals surface area contributed by atoms with Crippen LogP contribution in [0.4, 0.5) is 11.4 Å². The molecule has 0 unspecified atom stereocenters. The van der Waals surface area contributed by atoms with E-state index in [0.717, 1.165) is 11.3 Å². The first kappa shape index (κ1) is 20.2. The van der Waals surface area contributed by atoms with Crippen molar-refractivity contribution in [3.8, 4) is 0 Å². The summed E-state index contributed by atoms with van der Waals surface area (Å²) < 4.78 is 0. The minimum atomic E-state index is -1.05. The van der Waals surface area contributed by atoms with E-state index in [1.807, 2.05) is 30.3 Å². The standard InChI is InChI=1S/C21H24N4O4/c1-25-13-15-11-14(7-8-17(15)24-18(21(25)29)12-19(26)27)20(28)23-10-9-22-16-5-3-2-4-6-16/h2-8,11,18,22,24H,9-10,12-13H2,1H3,(H,23,28)(H,26,27)/t18-/m0/s1. The van der Waals surface area contributed by atoms with Gasteiger partial charge in [-0.2, -0.15) is 0 Å². The van der Waals surface area contributed by atoms with Gasteiger partial charge >= 0.3 is 5.97 Å². The molecule has 0 saturated heterocycles. The van der Waals surface area contributed by atoms with Crippen molar-refractivity contribution in [2.45, 2.75) is 19.0 Å². The molecule has 2 aromatic rings. The predicted octanol–water partition coefficient (Wildman–Crippen LogP) is 1.76. The number of hydrogen-bond donors (Lipinski definition) is 4. The van der Waals surface area contributed by atoms with E-state index in [0.29, 0.717) is 30.9 Å². The lowest BCUT2D eigenvalue weighted by atomic mass is 10.1. The Labute approximate surface area is 168 Å². The molecule has 1 aliphatic rings. The molecule has 8 heteroatoms. The molecule has 0 saturated carbocycles. The summed E-state index contributed by atoms with van der Waals surface area (Å²) in [5.41, 5.74) is 2.91. The quantitative estimate of drug-likeness (QED) is 0.531. The van der Waals surface area contributed by atoms with Crippen LogP contribution in [0.1, 0.15) is 22.3 Å². The number of hydrogen-bond acceptors (Lipinski definition) is 5. The van der Waals surface area contributed by atoms with Gasteiger partial charge in [0, 0.05) is 43.6 Å². The lowest BCUT2D eigenvalue weighted by molar-refractivity contribution is -0.141. The van der Waals surface area contributed by atoms with Crippen molar-refractivity contribution in [1.29, 1.82) is 0 Å². The first-order chi connectivity index (χ1) is 13.9. The minimum absolute atomic E-state index is 0.206. The van der Waals surface area contributed by atoms with Gasteiger partial charge in [0.2, 0.25) is 5.91 Å². The average Bonchev–Trinajstić information content (AvgIpc) is 2.82. The maximum absolute atomic E-state index is 12.5. The molecule has 29 heavy (non-hydrogen) atoms. The molecule has 0 radical (unpaired) electrons. The number of carboxylic acids is 1. The largest absolute Gasteiger partial charge is 0.481 e. The van der Waals surface area contributed by atoms with E-state index < -0.39 is 12.0 Å². The van der Waals surface area contributed by atoms with E-state index >= 15 is 0 Å². The van der Waals surface area contributed by atoms with Crippen LogP contribution in [0.2, 0.25) is 0 Å². The molecule has 2 amide bonds.